The fraction of sp³-hybridized carbons (Fsp3) is 0.769. The number of halogens is 1. The maximum Gasteiger partial charge on any atom is 0.0834 e. The molecule has 2 unspecified atom stereocenters. The van der Waals surface area contributed by atoms with Crippen LogP contribution in [0.3, 0.4) is 0 Å². The largest absolute Gasteiger partial charge is 0.271 e. The summed E-state index contributed by atoms with van der Waals surface area (Å²) in [5.41, 5.74) is 4.30. The molecule has 4 nitrogen and oxygen atoms in total. The van der Waals surface area contributed by atoms with E-state index < -0.39 is 0 Å². The lowest BCUT2D eigenvalue weighted by Crippen LogP contribution is -2.39. The highest BCUT2D eigenvalue weighted by molar-refractivity contribution is 6.31. The number of nitrogens with zero attached hydrogens (tertiary/aromatic N) is 2. The van der Waals surface area contributed by atoms with Crippen LogP contribution in [0.25, 0.3) is 0 Å². The molecule has 0 radical (unpaired) electrons. The van der Waals surface area contributed by atoms with Gasteiger partial charge in [0.1, 0.15) is 0 Å². The molecule has 0 amide bonds. The quantitative estimate of drug-likeness (QED) is 0.653. The molecule has 1 aromatic rings. The molecule has 1 aliphatic rings. The second-order valence-corrected chi connectivity index (χ2v) is 6.23. The Morgan fingerprint density at radius 1 is 1.67 bits per heavy atom. The molecule has 1 heterocycles. The van der Waals surface area contributed by atoms with Gasteiger partial charge in [0.2, 0.25) is 0 Å². The molecule has 1 fully saturated rings. The SMILES string of the molecule is CCn1ncc(Cl)c1C(NN)C1CCCC1(C)C. The predicted octanol–water partition coefficient (Wildman–Crippen LogP) is 2.89. The molecular weight excluding hydrogens is 248 g/mol. The first-order valence-electron chi connectivity index (χ1n) is 6.68. The Kier molecular flexibility index (Phi) is 3.99. The summed E-state index contributed by atoms with van der Waals surface area (Å²) in [6.07, 6.45) is 5.40. The van der Waals surface area contributed by atoms with Gasteiger partial charge in [0, 0.05) is 6.54 Å². The van der Waals surface area contributed by atoms with Crippen molar-refractivity contribution in [1.29, 1.82) is 0 Å². The third kappa shape index (κ3) is 2.29. The zero-order valence-electron chi connectivity index (χ0n) is 11.4. The Morgan fingerprint density at radius 2 is 2.39 bits per heavy atom. The summed E-state index contributed by atoms with van der Waals surface area (Å²) in [6, 6.07) is 0.0810. The Hall–Kier alpha value is -0.580. The molecule has 1 aromatic heterocycles. The molecule has 0 saturated heterocycles. The van der Waals surface area contributed by atoms with E-state index in [1.165, 1.54) is 19.3 Å². The lowest BCUT2D eigenvalue weighted by atomic mass is 9.76. The lowest BCUT2D eigenvalue weighted by molar-refractivity contribution is 0.192. The van der Waals surface area contributed by atoms with Crippen LogP contribution in [0.4, 0.5) is 0 Å². The third-order valence-corrected chi connectivity index (χ3v) is 4.64. The fourth-order valence-electron chi connectivity index (χ4n) is 3.29. The fourth-order valence-corrected chi connectivity index (χ4v) is 3.55. The average Bonchev–Trinajstić information content (AvgIpc) is 2.85. The molecule has 0 spiro atoms. The van der Waals surface area contributed by atoms with Gasteiger partial charge in [0.05, 0.1) is 23.0 Å². The minimum Gasteiger partial charge on any atom is -0.271 e. The third-order valence-electron chi connectivity index (χ3n) is 4.35. The van der Waals surface area contributed by atoms with Crippen molar-refractivity contribution in [3.8, 4) is 0 Å². The summed E-state index contributed by atoms with van der Waals surface area (Å²) >= 11 is 6.29. The predicted molar refractivity (Wildman–Crippen MR) is 74.1 cm³/mol. The van der Waals surface area contributed by atoms with E-state index in [1.807, 2.05) is 4.68 Å². The number of rotatable bonds is 4. The summed E-state index contributed by atoms with van der Waals surface area (Å²) in [5, 5.41) is 5.02. The van der Waals surface area contributed by atoms with Gasteiger partial charge < -0.3 is 0 Å². The molecule has 0 aliphatic heterocycles. The van der Waals surface area contributed by atoms with Crippen molar-refractivity contribution >= 4 is 11.6 Å². The molecule has 3 N–H and O–H groups in total. The number of hydrazine groups is 1. The van der Waals surface area contributed by atoms with Gasteiger partial charge >= 0.3 is 0 Å². The zero-order valence-corrected chi connectivity index (χ0v) is 12.2. The number of hydrogen-bond acceptors (Lipinski definition) is 3. The van der Waals surface area contributed by atoms with Crippen molar-refractivity contribution in [1.82, 2.24) is 15.2 Å². The molecule has 1 saturated carbocycles. The molecule has 0 bridgehead atoms. The van der Waals surface area contributed by atoms with Gasteiger partial charge in [-0.1, -0.05) is 31.9 Å². The summed E-state index contributed by atoms with van der Waals surface area (Å²) in [6.45, 7) is 7.51. The number of nitrogens with one attached hydrogen (secondary N) is 1. The Balaban J connectivity index is 2.36. The topological polar surface area (TPSA) is 55.9 Å². The molecule has 102 valence electrons. The van der Waals surface area contributed by atoms with Crippen molar-refractivity contribution < 1.29 is 0 Å². The number of nitrogens with two attached hydrogens (primary N) is 1. The molecule has 18 heavy (non-hydrogen) atoms. The van der Waals surface area contributed by atoms with Gasteiger partial charge in [-0.15, -0.1) is 0 Å². The Bertz CT molecular complexity index is 413. The van der Waals surface area contributed by atoms with E-state index >= 15 is 0 Å². The lowest BCUT2D eigenvalue weighted by Gasteiger charge is -2.34. The van der Waals surface area contributed by atoms with E-state index in [4.69, 9.17) is 17.4 Å². The highest BCUT2D eigenvalue weighted by atomic mass is 35.5. The van der Waals surface area contributed by atoms with Crippen molar-refractivity contribution in [3.63, 3.8) is 0 Å². The molecule has 1 aliphatic carbocycles. The maximum atomic E-state index is 6.29. The van der Waals surface area contributed by atoms with E-state index in [9.17, 15) is 0 Å². The highest BCUT2D eigenvalue weighted by Gasteiger charge is 2.41. The molecular formula is C13H23ClN4. The second kappa shape index (κ2) is 5.19. The molecule has 5 heteroatoms. The summed E-state index contributed by atoms with van der Waals surface area (Å²) in [7, 11) is 0. The van der Waals surface area contributed by atoms with Crippen LogP contribution in [-0.2, 0) is 6.54 Å². The van der Waals surface area contributed by atoms with Crippen molar-refractivity contribution in [2.75, 3.05) is 0 Å². The first-order chi connectivity index (χ1) is 8.51. The zero-order chi connectivity index (χ0) is 13.3. The van der Waals surface area contributed by atoms with Crippen molar-refractivity contribution in [2.45, 2.75) is 52.6 Å². The van der Waals surface area contributed by atoms with Gasteiger partial charge in [-0.05, 0) is 31.1 Å². The van der Waals surface area contributed by atoms with Gasteiger partial charge in [-0.3, -0.25) is 16.0 Å². The normalized spacial score (nSPS) is 24.4. The molecule has 0 aromatic carbocycles. The molecule has 2 rings (SSSR count). The van der Waals surface area contributed by atoms with E-state index in [-0.39, 0.29) is 6.04 Å². The van der Waals surface area contributed by atoms with Gasteiger partial charge in [-0.2, -0.15) is 5.10 Å². The second-order valence-electron chi connectivity index (χ2n) is 5.83. The van der Waals surface area contributed by atoms with Crippen LogP contribution in [0.2, 0.25) is 5.02 Å². The maximum absolute atomic E-state index is 6.29. The van der Waals surface area contributed by atoms with Crippen LogP contribution in [0.5, 0.6) is 0 Å². The van der Waals surface area contributed by atoms with E-state index in [2.05, 4.69) is 31.3 Å². The smallest absolute Gasteiger partial charge is 0.0834 e. The molecule has 2 atom stereocenters. The van der Waals surface area contributed by atoms with Gasteiger partial charge in [-0.25, -0.2) is 0 Å². The van der Waals surface area contributed by atoms with Crippen molar-refractivity contribution in [2.24, 2.45) is 17.2 Å². The first-order valence-corrected chi connectivity index (χ1v) is 7.06. The van der Waals surface area contributed by atoms with Gasteiger partial charge in [0.15, 0.2) is 0 Å². The Labute approximate surface area is 114 Å². The summed E-state index contributed by atoms with van der Waals surface area (Å²) in [4.78, 5) is 0. The number of aryl methyl sites for hydroxylation is 1. The van der Waals surface area contributed by atoms with Crippen molar-refractivity contribution in [3.05, 3.63) is 16.9 Å². The standard InChI is InChI=1S/C13H23ClN4/c1-4-18-12(10(14)8-16-18)11(17-15)9-6-5-7-13(9,2)3/h8-9,11,17H,4-7,15H2,1-3H3. The van der Waals surface area contributed by atoms with E-state index in [0.717, 1.165) is 12.2 Å². The van der Waals surface area contributed by atoms with Crippen LogP contribution < -0.4 is 11.3 Å². The summed E-state index contributed by atoms with van der Waals surface area (Å²) < 4.78 is 1.95. The number of hydrogen-bond donors (Lipinski definition) is 2. The average molecular weight is 271 g/mol. The first kappa shape index (κ1) is 13.8. The van der Waals surface area contributed by atoms with Crippen LogP contribution in [0.15, 0.2) is 6.20 Å². The number of aromatic nitrogens is 2. The van der Waals surface area contributed by atoms with Crippen LogP contribution in [0, 0.1) is 11.3 Å². The van der Waals surface area contributed by atoms with E-state index in [1.54, 1.807) is 6.20 Å². The van der Waals surface area contributed by atoms with Crippen LogP contribution >= 0.6 is 11.6 Å². The Morgan fingerprint density at radius 3 is 2.89 bits per heavy atom. The monoisotopic (exact) mass is 270 g/mol. The minimum absolute atomic E-state index is 0.0810. The van der Waals surface area contributed by atoms with Crippen LogP contribution in [-0.4, -0.2) is 9.78 Å². The minimum atomic E-state index is 0.0810. The summed E-state index contributed by atoms with van der Waals surface area (Å²) in [5.74, 6) is 6.31. The van der Waals surface area contributed by atoms with E-state index in [0.29, 0.717) is 16.4 Å². The van der Waals surface area contributed by atoms with Gasteiger partial charge in [0.25, 0.3) is 0 Å². The highest BCUT2D eigenvalue weighted by Crippen LogP contribution is 2.49. The van der Waals surface area contributed by atoms with Crippen LogP contribution in [0.1, 0.15) is 51.8 Å².